The topological polar surface area (TPSA) is 35.5 Å². The third-order valence-electron chi connectivity index (χ3n) is 6.07. The number of nitrogens with zero attached hydrogens (tertiary/aromatic N) is 1. The van der Waals surface area contributed by atoms with Gasteiger partial charge in [0.1, 0.15) is 0 Å². The summed E-state index contributed by atoms with van der Waals surface area (Å²) < 4.78 is 0. The molecule has 3 heteroatoms. The van der Waals surface area contributed by atoms with E-state index in [0.29, 0.717) is 18.7 Å². The first kappa shape index (κ1) is 15.8. The largest absolute Gasteiger partial charge is 0.394 e. The first-order chi connectivity index (χ1) is 10.2. The molecule has 2 aliphatic carbocycles. The van der Waals surface area contributed by atoms with Gasteiger partial charge in [-0.1, -0.05) is 19.8 Å². The summed E-state index contributed by atoms with van der Waals surface area (Å²) in [5, 5.41) is 13.7. The van der Waals surface area contributed by atoms with Gasteiger partial charge in [0.15, 0.2) is 0 Å². The molecule has 0 aromatic carbocycles. The van der Waals surface area contributed by atoms with E-state index in [1.165, 1.54) is 77.3 Å². The standard InChI is InChI=1S/C18H34N2O/c1-2-4-15-8-11-20(12-9-15)17-5-3-10-18(13-17,14-21)19-16-6-7-16/h15-17,19,21H,2-14H2,1H3. The molecular weight excluding hydrogens is 260 g/mol. The van der Waals surface area contributed by atoms with E-state index in [0.717, 1.165) is 5.92 Å². The van der Waals surface area contributed by atoms with Gasteiger partial charge < -0.3 is 15.3 Å². The van der Waals surface area contributed by atoms with Crippen LogP contribution in [0.1, 0.15) is 71.1 Å². The average Bonchev–Trinajstić information content (AvgIpc) is 3.32. The van der Waals surface area contributed by atoms with Crippen molar-refractivity contribution in [2.24, 2.45) is 5.92 Å². The van der Waals surface area contributed by atoms with Gasteiger partial charge in [-0.25, -0.2) is 0 Å². The Hall–Kier alpha value is -0.120. The predicted octanol–water partition coefficient (Wildman–Crippen LogP) is 2.92. The SMILES string of the molecule is CCCC1CCN(C2CCCC(CO)(NC3CC3)C2)CC1. The first-order valence-corrected chi connectivity index (χ1v) is 9.37. The zero-order chi connectivity index (χ0) is 14.7. The molecule has 3 fully saturated rings. The summed E-state index contributed by atoms with van der Waals surface area (Å²) in [5.74, 6) is 0.974. The average molecular weight is 294 g/mol. The Kier molecular flexibility index (Phi) is 5.23. The lowest BCUT2D eigenvalue weighted by atomic mass is 9.78. The maximum absolute atomic E-state index is 9.97. The summed E-state index contributed by atoms with van der Waals surface area (Å²) in [7, 11) is 0. The highest BCUT2D eigenvalue weighted by atomic mass is 16.3. The molecule has 3 aliphatic rings. The molecule has 3 rings (SSSR count). The van der Waals surface area contributed by atoms with Crippen LogP contribution in [0.25, 0.3) is 0 Å². The third-order valence-corrected chi connectivity index (χ3v) is 6.07. The minimum atomic E-state index is 0.0321. The Bertz CT molecular complexity index is 323. The van der Waals surface area contributed by atoms with Crippen molar-refractivity contribution in [3.05, 3.63) is 0 Å². The first-order valence-electron chi connectivity index (χ1n) is 9.37. The van der Waals surface area contributed by atoms with Gasteiger partial charge in [-0.05, 0) is 70.4 Å². The zero-order valence-corrected chi connectivity index (χ0v) is 13.8. The van der Waals surface area contributed by atoms with Crippen LogP contribution < -0.4 is 5.32 Å². The Morgan fingerprint density at radius 1 is 1.14 bits per heavy atom. The summed E-state index contributed by atoms with van der Waals surface area (Å²) in [5.41, 5.74) is 0.0321. The van der Waals surface area contributed by atoms with Crippen molar-refractivity contribution in [3.63, 3.8) is 0 Å². The van der Waals surface area contributed by atoms with E-state index in [-0.39, 0.29) is 5.54 Å². The van der Waals surface area contributed by atoms with E-state index in [4.69, 9.17) is 0 Å². The molecule has 0 bridgehead atoms. The second-order valence-electron chi connectivity index (χ2n) is 7.88. The molecule has 0 amide bonds. The Labute approximate surface area is 130 Å². The maximum Gasteiger partial charge on any atom is 0.0613 e. The number of aliphatic hydroxyl groups excluding tert-OH is 1. The molecular formula is C18H34N2O. The number of rotatable bonds is 6. The van der Waals surface area contributed by atoms with Gasteiger partial charge in [-0.15, -0.1) is 0 Å². The lowest BCUT2D eigenvalue weighted by Crippen LogP contribution is -2.57. The molecule has 0 radical (unpaired) electrons. The molecule has 2 atom stereocenters. The number of likely N-dealkylation sites (tertiary alicyclic amines) is 1. The van der Waals surface area contributed by atoms with Crippen LogP contribution in [-0.2, 0) is 0 Å². The van der Waals surface area contributed by atoms with Crippen LogP contribution in [0, 0.1) is 5.92 Å². The van der Waals surface area contributed by atoms with Gasteiger partial charge >= 0.3 is 0 Å². The van der Waals surface area contributed by atoms with E-state index >= 15 is 0 Å². The van der Waals surface area contributed by atoms with Gasteiger partial charge in [0.2, 0.25) is 0 Å². The zero-order valence-electron chi connectivity index (χ0n) is 13.8. The van der Waals surface area contributed by atoms with Crippen molar-refractivity contribution in [2.75, 3.05) is 19.7 Å². The normalized spacial score (nSPS) is 36.0. The van der Waals surface area contributed by atoms with E-state index in [1.807, 2.05) is 0 Å². The van der Waals surface area contributed by atoms with Crippen LogP contribution in [-0.4, -0.2) is 47.3 Å². The molecule has 0 spiro atoms. The molecule has 3 nitrogen and oxygen atoms in total. The number of piperidine rings is 1. The number of hydrogen-bond acceptors (Lipinski definition) is 3. The molecule has 21 heavy (non-hydrogen) atoms. The highest BCUT2D eigenvalue weighted by Gasteiger charge is 2.41. The Morgan fingerprint density at radius 2 is 1.90 bits per heavy atom. The van der Waals surface area contributed by atoms with Crippen molar-refractivity contribution < 1.29 is 5.11 Å². The molecule has 1 aliphatic heterocycles. The second-order valence-corrected chi connectivity index (χ2v) is 7.88. The monoisotopic (exact) mass is 294 g/mol. The van der Waals surface area contributed by atoms with Gasteiger partial charge in [-0.2, -0.15) is 0 Å². The fourth-order valence-corrected chi connectivity index (χ4v) is 4.64. The third kappa shape index (κ3) is 4.00. The fourth-order valence-electron chi connectivity index (χ4n) is 4.64. The van der Waals surface area contributed by atoms with E-state index in [1.54, 1.807) is 0 Å². The fraction of sp³-hybridized carbons (Fsp3) is 1.00. The molecule has 1 heterocycles. The summed E-state index contributed by atoms with van der Waals surface area (Å²) in [6.45, 7) is 5.22. The Morgan fingerprint density at radius 3 is 2.52 bits per heavy atom. The van der Waals surface area contributed by atoms with Crippen LogP contribution in [0.2, 0.25) is 0 Å². The van der Waals surface area contributed by atoms with Crippen LogP contribution in [0.5, 0.6) is 0 Å². The smallest absolute Gasteiger partial charge is 0.0613 e. The van der Waals surface area contributed by atoms with Crippen molar-refractivity contribution in [3.8, 4) is 0 Å². The summed E-state index contributed by atoms with van der Waals surface area (Å²) in [6, 6.07) is 1.41. The van der Waals surface area contributed by atoms with Gasteiger partial charge in [-0.3, -0.25) is 0 Å². The summed E-state index contributed by atoms with van der Waals surface area (Å²) in [6.07, 6.45) is 13.1. The minimum Gasteiger partial charge on any atom is -0.394 e. The van der Waals surface area contributed by atoms with Crippen molar-refractivity contribution in [1.29, 1.82) is 0 Å². The van der Waals surface area contributed by atoms with Crippen molar-refractivity contribution in [1.82, 2.24) is 10.2 Å². The molecule has 2 unspecified atom stereocenters. The molecule has 122 valence electrons. The van der Waals surface area contributed by atoms with Crippen molar-refractivity contribution in [2.45, 2.75) is 88.8 Å². The molecule has 2 N–H and O–H groups in total. The molecule has 1 saturated heterocycles. The van der Waals surface area contributed by atoms with Gasteiger partial charge in [0, 0.05) is 17.6 Å². The van der Waals surface area contributed by atoms with E-state index < -0.39 is 0 Å². The highest BCUT2D eigenvalue weighted by Crippen LogP contribution is 2.36. The Balaban J connectivity index is 1.53. The van der Waals surface area contributed by atoms with Gasteiger partial charge in [0.05, 0.1) is 6.61 Å². The quantitative estimate of drug-likeness (QED) is 0.790. The summed E-state index contributed by atoms with van der Waals surface area (Å²) in [4.78, 5) is 2.74. The second kappa shape index (κ2) is 6.97. The summed E-state index contributed by atoms with van der Waals surface area (Å²) >= 11 is 0. The number of nitrogens with one attached hydrogen (secondary N) is 1. The number of aliphatic hydroxyl groups is 1. The van der Waals surface area contributed by atoms with Crippen LogP contribution in [0.3, 0.4) is 0 Å². The number of hydrogen-bond donors (Lipinski definition) is 2. The predicted molar refractivity (Wildman–Crippen MR) is 87.4 cm³/mol. The van der Waals surface area contributed by atoms with E-state index in [2.05, 4.69) is 17.1 Å². The van der Waals surface area contributed by atoms with Crippen LogP contribution >= 0.6 is 0 Å². The van der Waals surface area contributed by atoms with Crippen LogP contribution in [0.15, 0.2) is 0 Å². The molecule has 0 aromatic heterocycles. The minimum absolute atomic E-state index is 0.0321. The van der Waals surface area contributed by atoms with Gasteiger partial charge in [0.25, 0.3) is 0 Å². The highest BCUT2D eigenvalue weighted by molar-refractivity contribution is 5.01. The lowest BCUT2D eigenvalue weighted by Gasteiger charge is -2.46. The van der Waals surface area contributed by atoms with Crippen molar-refractivity contribution >= 4 is 0 Å². The van der Waals surface area contributed by atoms with Crippen LogP contribution in [0.4, 0.5) is 0 Å². The van der Waals surface area contributed by atoms with E-state index in [9.17, 15) is 5.11 Å². The molecule has 0 aromatic rings. The maximum atomic E-state index is 9.97. The molecule has 2 saturated carbocycles. The lowest BCUT2D eigenvalue weighted by molar-refractivity contribution is 0.0408.